The second-order valence-electron chi connectivity index (χ2n) is 6.37. The van der Waals surface area contributed by atoms with Gasteiger partial charge in [0, 0.05) is 0 Å². The zero-order chi connectivity index (χ0) is 17.8. The Morgan fingerprint density at radius 2 is 1.17 bits per heavy atom. The van der Waals surface area contributed by atoms with E-state index in [1.165, 1.54) is 51.8 Å². The Balaban J connectivity index is 5.61. The number of unbranched alkanes of at least 4 members (excludes halogenated alkanes) is 3. The summed E-state index contributed by atoms with van der Waals surface area (Å²) in [6, 6.07) is 0. The van der Waals surface area contributed by atoms with Gasteiger partial charge in [-0.3, -0.25) is 0 Å². The van der Waals surface area contributed by atoms with Gasteiger partial charge < -0.3 is 0 Å². The summed E-state index contributed by atoms with van der Waals surface area (Å²) >= 11 is -2.79. The van der Waals surface area contributed by atoms with Crippen molar-refractivity contribution in [1.29, 1.82) is 0 Å². The summed E-state index contributed by atoms with van der Waals surface area (Å²) in [5.41, 5.74) is 0. The fourth-order valence-electron chi connectivity index (χ4n) is 3.18. The van der Waals surface area contributed by atoms with Crippen LogP contribution in [0.4, 0.5) is 0 Å². The molecule has 0 heterocycles. The van der Waals surface area contributed by atoms with Crippen molar-refractivity contribution in [2.75, 3.05) is 13.2 Å². The van der Waals surface area contributed by atoms with Crippen molar-refractivity contribution in [2.45, 2.75) is 86.5 Å². The minimum absolute atomic E-state index is 0.424. The van der Waals surface area contributed by atoms with Gasteiger partial charge >= 0.3 is 149 Å². The van der Waals surface area contributed by atoms with Crippen LogP contribution in [0.15, 0.2) is 9.91 Å². The number of hydrogen-bond donors (Lipinski definition) is 0. The van der Waals surface area contributed by atoms with E-state index in [2.05, 4.69) is 27.4 Å². The fraction of sp³-hybridized carbons (Fsp3) is 0.889. The topological polar surface area (TPSA) is 35.5 Å². The molecule has 0 saturated carbocycles. The Labute approximate surface area is 149 Å². The molecule has 0 bridgehead atoms. The van der Waals surface area contributed by atoms with E-state index >= 15 is 0 Å². The van der Waals surface area contributed by atoms with Crippen LogP contribution in [0, 0.1) is 0 Å². The molecule has 0 aliphatic carbocycles. The molecule has 138 valence electrons. The Morgan fingerprint density at radius 1 is 0.826 bits per heavy atom. The molecule has 0 spiro atoms. The second-order valence-corrected chi connectivity index (χ2v) is 22.9. The molecule has 0 unspecified atom stereocenters. The molecule has 3 nitrogen and oxygen atoms in total. The standard InChI is InChI=1S/C6H12O3P.3C4H9.Sn/c1-4-8-10(7,6-3)9-5-2;3*1-3-4-2;/h3-5H2,1-2H3;3*1,3-4H2,2H3;. The summed E-state index contributed by atoms with van der Waals surface area (Å²) in [5, 5.41) is 0. The van der Waals surface area contributed by atoms with Crippen LogP contribution < -0.4 is 0 Å². The van der Waals surface area contributed by atoms with Crippen LogP contribution in [0.2, 0.25) is 13.3 Å². The Bertz CT molecular complexity index is 340. The minimum atomic E-state index is -3.15. The van der Waals surface area contributed by atoms with Crippen molar-refractivity contribution in [1.82, 2.24) is 0 Å². The first-order valence-corrected chi connectivity index (χ1v) is 18.6. The van der Waals surface area contributed by atoms with Crippen LogP contribution in [-0.2, 0) is 13.6 Å². The third-order valence-electron chi connectivity index (χ3n) is 4.57. The molecule has 0 aliphatic heterocycles. The number of hydrogen-bond acceptors (Lipinski definition) is 3. The van der Waals surface area contributed by atoms with E-state index in [1.54, 1.807) is 0 Å². The van der Waals surface area contributed by atoms with E-state index in [0.29, 0.717) is 13.2 Å². The molecule has 0 radical (unpaired) electrons. The average molecular weight is 453 g/mol. The molecule has 0 aromatic carbocycles. The van der Waals surface area contributed by atoms with Crippen LogP contribution in [-0.4, -0.2) is 31.6 Å². The molecule has 5 heteroatoms. The van der Waals surface area contributed by atoms with E-state index in [-0.39, 0.29) is 0 Å². The van der Waals surface area contributed by atoms with Gasteiger partial charge in [0.15, 0.2) is 0 Å². The molecule has 0 atom stereocenters. The zero-order valence-corrected chi connectivity index (χ0v) is 19.9. The van der Waals surface area contributed by atoms with Crippen LogP contribution in [0.5, 0.6) is 0 Å². The van der Waals surface area contributed by atoms with Crippen molar-refractivity contribution in [3.8, 4) is 0 Å². The van der Waals surface area contributed by atoms with Gasteiger partial charge in [-0.1, -0.05) is 0 Å². The van der Waals surface area contributed by atoms with Crippen molar-refractivity contribution in [2.24, 2.45) is 0 Å². The third kappa shape index (κ3) is 7.62. The number of rotatable bonds is 15. The first-order valence-electron chi connectivity index (χ1n) is 9.55. The van der Waals surface area contributed by atoms with Gasteiger partial charge in [0.2, 0.25) is 0 Å². The van der Waals surface area contributed by atoms with Crippen LogP contribution in [0.25, 0.3) is 0 Å². The average Bonchev–Trinajstić information content (AvgIpc) is 2.54. The Hall–Kier alpha value is 0.689. The predicted molar refractivity (Wildman–Crippen MR) is 105 cm³/mol. The molecule has 0 fully saturated rings. The van der Waals surface area contributed by atoms with Gasteiger partial charge in [-0.15, -0.1) is 0 Å². The Kier molecular flexibility index (Phi) is 13.4. The van der Waals surface area contributed by atoms with Gasteiger partial charge in [-0.05, 0) is 0 Å². The van der Waals surface area contributed by atoms with Crippen LogP contribution in [0.3, 0.4) is 0 Å². The van der Waals surface area contributed by atoms with E-state index in [1.807, 2.05) is 13.8 Å². The summed E-state index contributed by atoms with van der Waals surface area (Å²) in [6.07, 6.45) is 7.25. The first-order chi connectivity index (χ1) is 11.0. The van der Waals surface area contributed by atoms with E-state index in [0.717, 1.165) is 3.33 Å². The molecule has 0 N–H and O–H groups in total. The van der Waals surface area contributed by atoms with E-state index in [9.17, 15) is 4.57 Å². The normalized spacial score (nSPS) is 12.6. The predicted octanol–water partition coefficient (Wildman–Crippen LogP) is 7.15. The van der Waals surface area contributed by atoms with Crippen molar-refractivity contribution in [3.63, 3.8) is 0 Å². The zero-order valence-electron chi connectivity index (χ0n) is 16.2. The summed E-state index contributed by atoms with van der Waals surface area (Å²) in [5.74, 6) is 0. The third-order valence-corrected chi connectivity index (χ3v) is 26.7. The van der Waals surface area contributed by atoms with Gasteiger partial charge in [-0.2, -0.15) is 0 Å². The van der Waals surface area contributed by atoms with Crippen LogP contribution in [0.1, 0.15) is 73.1 Å². The molecule has 0 rings (SSSR count). The summed E-state index contributed by atoms with van der Waals surface area (Å²) < 4.78 is 29.4. The first kappa shape index (κ1) is 23.7. The SMILES string of the molecule is C=[C](P(=O)(OCC)OCC)[Sn]([CH2]CCC)([CH2]CCC)[CH2]CCC. The molecule has 0 amide bonds. The van der Waals surface area contributed by atoms with Crippen molar-refractivity contribution >= 4 is 26.0 Å². The van der Waals surface area contributed by atoms with Crippen molar-refractivity contribution in [3.05, 3.63) is 9.91 Å². The van der Waals surface area contributed by atoms with Gasteiger partial charge in [-0.25, -0.2) is 0 Å². The summed E-state index contributed by atoms with van der Waals surface area (Å²) in [7, 11) is -3.15. The second kappa shape index (κ2) is 13.0. The van der Waals surface area contributed by atoms with Gasteiger partial charge in [0.25, 0.3) is 0 Å². The van der Waals surface area contributed by atoms with E-state index in [4.69, 9.17) is 9.05 Å². The van der Waals surface area contributed by atoms with Crippen LogP contribution >= 0.6 is 7.60 Å². The molecule has 0 aromatic heterocycles. The molecule has 0 aromatic rings. The molecule has 23 heavy (non-hydrogen) atoms. The van der Waals surface area contributed by atoms with Gasteiger partial charge in [0.05, 0.1) is 0 Å². The summed E-state index contributed by atoms with van der Waals surface area (Å²) in [4.78, 5) is 0. The monoisotopic (exact) mass is 454 g/mol. The fourth-order valence-corrected chi connectivity index (χ4v) is 26.6. The molecular weight excluding hydrogens is 414 g/mol. The molecular formula is C18H39O3PSn. The maximum atomic E-state index is 13.4. The summed E-state index contributed by atoms with van der Waals surface area (Å²) in [6.45, 7) is 15.7. The Morgan fingerprint density at radius 3 is 1.43 bits per heavy atom. The molecule has 0 aliphatic rings. The van der Waals surface area contributed by atoms with Crippen molar-refractivity contribution < 1.29 is 13.6 Å². The quantitative estimate of drug-likeness (QED) is 0.195. The molecule has 0 saturated heterocycles. The van der Waals surface area contributed by atoms with E-state index < -0.39 is 26.0 Å². The maximum absolute atomic E-state index is 13.4. The van der Waals surface area contributed by atoms with Gasteiger partial charge in [0.1, 0.15) is 0 Å².